The molecule has 1 atom stereocenters. The third-order valence-corrected chi connectivity index (χ3v) is 3.88. The summed E-state index contributed by atoms with van der Waals surface area (Å²) in [4.78, 5) is 0.946. The van der Waals surface area contributed by atoms with E-state index in [2.05, 4.69) is 23.4 Å². The number of ether oxygens (including phenoxy) is 1. The molecule has 1 N–H and O–H groups in total. The van der Waals surface area contributed by atoms with Crippen molar-refractivity contribution in [1.29, 1.82) is 0 Å². The molecule has 1 unspecified atom stereocenters. The van der Waals surface area contributed by atoms with Crippen LogP contribution in [0.25, 0.3) is 0 Å². The van der Waals surface area contributed by atoms with Gasteiger partial charge in [-0.1, -0.05) is 18.3 Å². The van der Waals surface area contributed by atoms with Gasteiger partial charge in [0, 0.05) is 13.2 Å². The number of rotatable bonds is 3. The second-order valence-electron chi connectivity index (χ2n) is 4.57. The fourth-order valence-corrected chi connectivity index (χ4v) is 2.94. The molecule has 0 radical (unpaired) electrons. The summed E-state index contributed by atoms with van der Waals surface area (Å²) in [6.45, 7) is 5.67. The molecule has 1 saturated heterocycles. The minimum atomic E-state index is -0.415. The largest absolute Gasteiger partial charge is 0.387 e. The molecule has 1 aliphatic rings. The van der Waals surface area contributed by atoms with Gasteiger partial charge in [0.1, 0.15) is 0 Å². The maximum Gasteiger partial charge on any atom is 0.0946 e. The predicted molar refractivity (Wildman–Crippen MR) is 62.5 cm³/mol. The van der Waals surface area contributed by atoms with Gasteiger partial charge in [0.2, 0.25) is 0 Å². The first-order valence-electron chi connectivity index (χ1n) is 5.78. The van der Waals surface area contributed by atoms with E-state index in [1.54, 1.807) is 0 Å². The van der Waals surface area contributed by atoms with Crippen molar-refractivity contribution >= 4 is 11.5 Å². The summed E-state index contributed by atoms with van der Waals surface area (Å²) in [5.41, 5.74) is 0.948. The van der Waals surface area contributed by atoms with E-state index in [1.807, 2.05) is 0 Å². The van der Waals surface area contributed by atoms with Gasteiger partial charge in [-0.2, -0.15) is 0 Å². The van der Waals surface area contributed by atoms with Crippen LogP contribution in [-0.2, 0) is 4.74 Å². The quantitative estimate of drug-likeness (QED) is 0.882. The van der Waals surface area contributed by atoms with Crippen LogP contribution in [0.3, 0.4) is 0 Å². The molecule has 16 heavy (non-hydrogen) atoms. The van der Waals surface area contributed by atoms with E-state index in [0.717, 1.165) is 36.6 Å². The Balaban J connectivity index is 2.12. The third-order valence-electron chi connectivity index (χ3n) is 3.07. The normalized spacial score (nSPS) is 20.2. The highest BCUT2D eigenvalue weighted by molar-refractivity contribution is 7.05. The predicted octanol–water partition coefficient (Wildman–Crippen LogP) is 2.12. The highest BCUT2D eigenvalue weighted by Gasteiger charge is 2.28. The van der Waals surface area contributed by atoms with E-state index in [9.17, 15) is 5.11 Å². The average Bonchev–Trinajstić information content (AvgIpc) is 2.78. The molecular weight excluding hydrogens is 224 g/mol. The third kappa shape index (κ3) is 2.42. The van der Waals surface area contributed by atoms with Gasteiger partial charge >= 0.3 is 0 Å². The minimum absolute atomic E-state index is 0.300. The first-order valence-corrected chi connectivity index (χ1v) is 6.55. The van der Waals surface area contributed by atoms with Crippen LogP contribution in [0.5, 0.6) is 0 Å². The van der Waals surface area contributed by atoms with Gasteiger partial charge in [-0.15, -0.1) is 5.10 Å². The maximum atomic E-state index is 10.3. The summed E-state index contributed by atoms with van der Waals surface area (Å²) >= 11 is 1.33. The molecule has 1 aromatic rings. The van der Waals surface area contributed by atoms with E-state index in [-0.39, 0.29) is 0 Å². The highest BCUT2D eigenvalue weighted by Crippen LogP contribution is 2.35. The lowest BCUT2D eigenvalue weighted by Crippen LogP contribution is -2.22. The molecule has 0 spiro atoms. The molecule has 2 rings (SSSR count). The molecule has 4 nitrogen and oxygen atoms in total. The van der Waals surface area contributed by atoms with Crippen molar-refractivity contribution in [3.05, 3.63) is 10.6 Å². The first kappa shape index (κ1) is 12.0. The van der Waals surface area contributed by atoms with E-state index >= 15 is 0 Å². The Hall–Kier alpha value is -0.520. The number of aromatic nitrogens is 2. The highest BCUT2D eigenvalue weighted by atomic mass is 32.1. The van der Waals surface area contributed by atoms with Gasteiger partial charge in [0.15, 0.2) is 0 Å². The van der Waals surface area contributed by atoms with E-state index < -0.39 is 6.10 Å². The van der Waals surface area contributed by atoms with Crippen LogP contribution in [0, 0.1) is 5.92 Å². The van der Waals surface area contributed by atoms with Crippen LogP contribution in [0.4, 0.5) is 0 Å². The Morgan fingerprint density at radius 1 is 1.38 bits per heavy atom. The molecule has 0 amide bonds. The van der Waals surface area contributed by atoms with Crippen LogP contribution in [0.1, 0.15) is 49.3 Å². The Morgan fingerprint density at radius 2 is 2.06 bits per heavy atom. The van der Waals surface area contributed by atoms with E-state index in [1.165, 1.54) is 11.5 Å². The van der Waals surface area contributed by atoms with Gasteiger partial charge in [-0.05, 0) is 36.2 Å². The lowest BCUT2D eigenvalue weighted by molar-refractivity contribution is 0.00808. The van der Waals surface area contributed by atoms with Gasteiger partial charge in [0.05, 0.1) is 16.7 Å². The summed E-state index contributed by atoms with van der Waals surface area (Å²) in [6.07, 6.45) is 1.44. The van der Waals surface area contributed by atoms with Crippen molar-refractivity contribution in [3.63, 3.8) is 0 Å². The van der Waals surface area contributed by atoms with Crippen LogP contribution in [0.2, 0.25) is 0 Å². The monoisotopic (exact) mass is 242 g/mol. The Labute approximate surface area is 99.8 Å². The number of hydrogen-bond acceptors (Lipinski definition) is 5. The lowest BCUT2D eigenvalue weighted by atomic mass is 9.91. The van der Waals surface area contributed by atoms with Gasteiger partial charge in [-0.25, -0.2) is 0 Å². The second kappa shape index (κ2) is 5.21. The van der Waals surface area contributed by atoms with Crippen molar-refractivity contribution in [3.8, 4) is 0 Å². The molecular formula is C11H18N2O2S. The molecule has 5 heteroatoms. The molecule has 2 heterocycles. The first-order chi connectivity index (χ1) is 7.70. The summed E-state index contributed by atoms with van der Waals surface area (Å²) in [5, 5.41) is 14.4. The number of nitrogens with zero attached hydrogens (tertiary/aromatic N) is 2. The van der Waals surface area contributed by atoms with Gasteiger partial charge < -0.3 is 9.84 Å². The van der Waals surface area contributed by atoms with Gasteiger partial charge in [-0.3, -0.25) is 0 Å². The zero-order chi connectivity index (χ0) is 11.5. The van der Waals surface area contributed by atoms with Crippen LogP contribution < -0.4 is 0 Å². The molecule has 0 aromatic carbocycles. The zero-order valence-electron chi connectivity index (χ0n) is 9.72. The van der Waals surface area contributed by atoms with Crippen molar-refractivity contribution < 1.29 is 9.84 Å². The van der Waals surface area contributed by atoms with Crippen LogP contribution >= 0.6 is 11.5 Å². The Bertz CT molecular complexity index is 334. The van der Waals surface area contributed by atoms with Crippen molar-refractivity contribution in [1.82, 2.24) is 9.59 Å². The lowest BCUT2D eigenvalue weighted by Gasteiger charge is -2.26. The maximum absolute atomic E-state index is 10.3. The molecule has 0 bridgehead atoms. The number of aliphatic hydroxyl groups is 1. The van der Waals surface area contributed by atoms with Crippen LogP contribution in [0.15, 0.2) is 0 Å². The number of aliphatic hydroxyl groups excluding tert-OH is 1. The van der Waals surface area contributed by atoms with Crippen molar-refractivity contribution in [2.24, 2.45) is 5.92 Å². The van der Waals surface area contributed by atoms with Crippen molar-refractivity contribution in [2.45, 2.75) is 38.7 Å². The fourth-order valence-electron chi connectivity index (χ4n) is 2.06. The molecule has 90 valence electrons. The molecule has 0 saturated carbocycles. The van der Waals surface area contributed by atoms with E-state index in [4.69, 9.17) is 4.74 Å². The number of hydrogen-bond donors (Lipinski definition) is 1. The summed E-state index contributed by atoms with van der Waals surface area (Å²) in [6, 6.07) is 0. The fraction of sp³-hybridized carbons (Fsp3) is 0.818. The van der Waals surface area contributed by atoms with E-state index in [0.29, 0.717) is 11.8 Å². The minimum Gasteiger partial charge on any atom is -0.387 e. The molecule has 0 aliphatic carbocycles. The smallest absolute Gasteiger partial charge is 0.0946 e. The summed E-state index contributed by atoms with van der Waals surface area (Å²) < 4.78 is 9.27. The second-order valence-corrected chi connectivity index (χ2v) is 5.36. The zero-order valence-corrected chi connectivity index (χ0v) is 10.5. The SMILES string of the molecule is CC(C)c1nnsc1C(O)C1CCOCC1. The topological polar surface area (TPSA) is 55.2 Å². The summed E-state index contributed by atoms with van der Waals surface area (Å²) in [7, 11) is 0. The molecule has 1 aromatic heterocycles. The Kier molecular flexibility index (Phi) is 3.89. The van der Waals surface area contributed by atoms with Gasteiger partial charge in [0.25, 0.3) is 0 Å². The van der Waals surface area contributed by atoms with Crippen LogP contribution in [-0.4, -0.2) is 27.9 Å². The van der Waals surface area contributed by atoms with Crippen molar-refractivity contribution in [2.75, 3.05) is 13.2 Å². The molecule has 1 aliphatic heterocycles. The summed E-state index contributed by atoms with van der Waals surface area (Å²) in [5.74, 6) is 0.622. The standard InChI is InChI=1S/C11H18N2O2S/c1-7(2)9-11(16-13-12-9)10(14)8-3-5-15-6-4-8/h7-8,10,14H,3-6H2,1-2H3. The molecule has 1 fully saturated rings. The Morgan fingerprint density at radius 3 is 2.69 bits per heavy atom. The average molecular weight is 242 g/mol.